The second-order valence-electron chi connectivity index (χ2n) is 5.22. The summed E-state index contributed by atoms with van der Waals surface area (Å²) in [7, 11) is -3.80. The predicted molar refractivity (Wildman–Crippen MR) is 79.1 cm³/mol. The average molecular weight is 388 g/mol. The van der Waals surface area contributed by atoms with Gasteiger partial charge >= 0.3 is 0 Å². The average Bonchev–Trinajstić information content (AvgIpc) is 3.17. The summed E-state index contributed by atoms with van der Waals surface area (Å²) in [6, 6.07) is 2.22. The molecule has 1 saturated carbocycles. The summed E-state index contributed by atoms with van der Waals surface area (Å²) < 4.78 is 42.4. The second-order valence-corrected chi connectivity index (χ2v) is 7.96. The summed E-state index contributed by atoms with van der Waals surface area (Å²) in [6.07, 6.45) is 4.01. The largest absolute Gasteiger partial charge is 0.360 e. The van der Waals surface area contributed by atoms with Crippen molar-refractivity contribution in [2.75, 3.05) is 6.26 Å². The lowest BCUT2D eigenvalue weighted by Gasteiger charge is -2.09. The number of aromatic nitrogens is 1. The molecule has 1 aromatic heterocycles. The minimum Gasteiger partial charge on any atom is -0.360 e. The second kappa shape index (κ2) is 5.27. The minimum atomic E-state index is -3.80. The highest BCUT2D eigenvalue weighted by Gasteiger charge is 2.34. The molecule has 0 unspecified atom stereocenters. The smallest absolute Gasteiger partial charge is 0.199 e. The zero-order chi connectivity index (χ0) is 16.1. The van der Waals surface area contributed by atoms with Crippen molar-refractivity contribution in [3.63, 3.8) is 0 Å². The highest BCUT2D eigenvalue weighted by Crippen LogP contribution is 2.42. The molecule has 0 saturated heterocycles. The monoisotopic (exact) mass is 387 g/mol. The number of rotatable bonds is 4. The van der Waals surface area contributed by atoms with Crippen LogP contribution in [0, 0.1) is 5.82 Å². The van der Waals surface area contributed by atoms with Crippen LogP contribution in [-0.2, 0) is 9.84 Å². The molecule has 0 atom stereocenters. The Labute approximate surface area is 134 Å². The van der Waals surface area contributed by atoms with Crippen LogP contribution < -0.4 is 0 Å². The van der Waals surface area contributed by atoms with Crippen LogP contribution in [0.3, 0.4) is 0 Å². The lowest BCUT2D eigenvalue weighted by molar-refractivity contribution is 0.103. The number of hydrogen-bond acceptors (Lipinski definition) is 5. The molecule has 116 valence electrons. The van der Waals surface area contributed by atoms with E-state index in [4.69, 9.17) is 4.52 Å². The van der Waals surface area contributed by atoms with Gasteiger partial charge in [0, 0.05) is 17.7 Å². The van der Waals surface area contributed by atoms with E-state index in [1.807, 2.05) is 0 Å². The van der Waals surface area contributed by atoms with Crippen molar-refractivity contribution in [2.24, 2.45) is 0 Å². The molecule has 1 aromatic carbocycles. The summed E-state index contributed by atoms with van der Waals surface area (Å²) in [4.78, 5) is 12.3. The van der Waals surface area contributed by atoms with Gasteiger partial charge in [-0.15, -0.1) is 0 Å². The molecule has 0 aliphatic heterocycles. The van der Waals surface area contributed by atoms with E-state index in [-0.39, 0.29) is 26.4 Å². The Kier molecular flexibility index (Phi) is 3.68. The Morgan fingerprint density at radius 3 is 2.64 bits per heavy atom. The fraction of sp³-hybridized carbons (Fsp3) is 0.286. The third-order valence-electron chi connectivity index (χ3n) is 3.46. The molecular formula is C14H11BrFNO4S. The maximum Gasteiger partial charge on any atom is 0.199 e. The van der Waals surface area contributed by atoms with E-state index in [9.17, 15) is 17.6 Å². The van der Waals surface area contributed by atoms with Gasteiger partial charge in [0.15, 0.2) is 21.4 Å². The van der Waals surface area contributed by atoms with Gasteiger partial charge in [-0.2, -0.15) is 0 Å². The van der Waals surface area contributed by atoms with Gasteiger partial charge < -0.3 is 4.52 Å². The van der Waals surface area contributed by atoms with Crippen LogP contribution in [0.5, 0.6) is 0 Å². The number of halogens is 2. The first-order valence-corrected chi connectivity index (χ1v) is 9.16. The number of carbonyl (C=O) groups is 1. The van der Waals surface area contributed by atoms with Gasteiger partial charge in [0.2, 0.25) is 0 Å². The molecular weight excluding hydrogens is 377 g/mol. The first kappa shape index (κ1) is 15.4. The van der Waals surface area contributed by atoms with E-state index in [1.165, 1.54) is 12.3 Å². The van der Waals surface area contributed by atoms with Crippen LogP contribution in [0.4, 0.5) is 4.39 Å². The molecule has 0 bridgehead atoms. The topological polar surface area (TPSA) is 77.2 Å². The summed E-state index contributed by atoms with van der Waals surface area (Å²) in [5, 5.41) is 3.63. The lowest BCUT2D eigenvalue weighted by Crippen LogP contribution is -2.12. The number of carbonyl (C=O) groups excluding carboxylic acids is 1. The van der Waals surface area contributed by atoms with Gasteiger partial charge in [0.1, 0.15) is 5.82 Å². The fourth-order valence-electron chi connectivity index (χ4n) is 2.28. The Hall–Kier alpha value is -1.54. The molecule has 1 aliphatic rings. The Morgan fingerprint density at radius 2 is 2.05 bits per heavy atom. The van der Waals surface area contributed by atoms with Gasteiger partial charge in [-0.05, 0) is 40.9 Å². The summed E-state index contributed by atoms with van der Waals surface area (Å²) in [6.45, 7) is 0. The molecule has 0 amide bonds. The van der Waals surface area contributed by atoms with E-state index in [1.54, 1.807) is 0 Å². The van der Waals surface area contributed by atoms with E-state index < -0.39 is 21.4 Å². The van der Waals surface area contributed by atoms with Crippen molar-refractivity contribution < 1.29 is 22.1 Å². The highest BCUT2D eigenvalue weighted by molar-refractivity contribution is 9.10. The standard InChI is InChI=1S/C14H11BrFNO4S/c1-22(19,20)14-8(4-5-10(16)11(14)15)12(18)9-6-17-21-13(9)7-2-3-7/h4-7H,2-3H2,1H3. The fourth-order valence-corrected chi connectivity index (χ4v) is 4.49. The first-order chi connectivity index (χ1) is 10.3. The number of benzene rings is 1. The molecule has 1 fully saturated rings. The van der Waals surface area contributed by atoms with Crippen LogP contribution >= 0.6 is 15.9 Å². The van der Waals surface area contributed by atoms with Gasteiger partial charge in [-0.1, -0.05) is 5.16 Å². The van der Waals surface area contributed by atoms with Crippen molar-refractivity contribution >= 4 is 31.6 Å². The third kappa shape index (κ3) is 2.61. The molecule has 5 nitrogen and oxygen atoms in total. The van der Waals surface area contributed by atoms with Crippen molar-refractivity contribution in [1.82, 2.24) is 5.16 Å². The summed E-state index contributed by atoms with van der Waals surface area (Å²) >= 11 is 2.91. The van der Waals surface area contributed by atoms with E-state index in [0.29, 0.717) is 5.76 Å². The lowest BCUT2D eigenvalue weighted by atomic mass is 10.0. The number of ketones is 1. The molecule has 22 heavy (non-hydrogen) atoms. The zero-order valence-corrected chi connectivity index (χ0v) is 13.9. The van der Waals surface area contributed by atoms with Crippen LogP contribution in [0.1, 0.15) is 40.4 Å². The van der Waals surface area contributed by atoms with Crippen LogP contribution in [-0.4, -0.2) is 25.6 Å². The van der Waals surface area contributed by atoms with Gasteiger partial charge in [-0.25, -0.2) is 12.8 Å². The summed E-state index contributed by atoms with van der Waals surface area (Å²) in [5.41, 5.74) is 0.131. The Balaban J connectivity index is 2.18. The van der Waals surface area contributed by atoms with Crippen LogP contribution in [0.15, 0.2) is 32.2 Å². The minimum absolute atomic E-state index is 0.0964. The number of hydrogen-bond donors (Lipinski definition) is 0. The zero-order valence-electron chi connectivity index (χ0n) is 11.5. The Morgan fingerprint density at radius 1 is 1.36 bits per heavy atom. The molecule has 1 heterocycles. The molecule has 0 radical (unpaired) electrons. The number of sulfone groups is 1. The first-order valence-electron chi connectivity index (χ1n) is 6.48. The van der Waals surface area contributed by atoms with Gasteiger partial charge in [-0.3, -0.25) is 4.79 Å². The van der Waals surface area contributed by atoms with Crippen molar-refractivity contribution in [3.05, 3.63) is 45.5 Å². The van der Waals surface area contributed by atoms with Crippen molar-refractivity contribution in [1.29, 1.82) is 0 Å². The maximum absolute atomic E-state index is 13.7. The SMILES string of the molecule is CS(=O)(=O)c1c(C(=O)c2cnoc2C2CC2)ccc(F)c1Br. The maximum atomic E-state index is 13.7. The Bertz CT molecular complexity index is 871. The number of nitrogens with zero attached hydrogens (tertiary/aromatic N) is 1. The van der Waals surface area contributed by atoms with Crippen molar-refractivity contribution in [2.45, 2.75) is 23.7 Å². The molecule has 8 heteroatoms. The molecule has 0 spiro atoms. The molecule has 1 aliphatic carbocycles. The van der Waals surface area contributed by atoms with Crippen LogP contribution in [0.2, 0.25) is 0 Å². The molecule has 2 aromatic rings. The third-order valence-corrected chi connectivity index (χ3v) is 5.66. The predicted octanol–water partition coefficient (Wildman–Crippen LogP) is 3.09. The quantitative estimate of drug-likeness (QED) is 0.753. The van der Waals surface area contributed by atoms with E-state index >= 15 is 0 Å². The van der Waals surface area contributed by atoms with E-state index in [2.05, 4.69) is 21.1 Å². The molecule has 3 rings (SSSR count). The summed E-state index contributed by atoms with van der Waals surface area (Å²) in [5.74, 6) is -0.675. The van der Waals surface area contributed by atoms with Crippen molar-refractivity contribution in [3.8, 4) is 0 Å². The van der Waals surface area contributed by atoms with Gasteiger partial charge in [0.25, 0.3) is 0 Å². The van der Waals surface area contributed by atoms with Crippen LogP contribution in [0.25, 0.3) is 0 Å². The normalized spacial score (nSPS) is 15.0. The molecule has 0 N–H and O–H groups in total. The van der Waals surface area contributed by atoms with E-state index in [0.717, 1.165) is 25.2 Å². The highest BCUT2D eigenvalue weighted by atomic mass is 79.9. The van der Waals surface area contributed by atoms with Gasteiger partial charge in [0.05, 0.1) is 21.1 Å².